The fourth-order valence-electron chi connectivity index (χ4n) is 2.14. The first-order chi connectivity index (χ1) is 7.24. The zero-order chi connectivity index (χ0) is 10.4. The van der Waals surface area contributed by atoms with Crippen molar-refractivity contribution >= 4 is 27.0 Å². The van der Waals surface area contributed by atoms with Crippen LogP contribution in [0.2, 0.25) is 0 Å². The van der Waals surface area contributed by atoms with E-state index in [2.05, 4.69) is 40.0 Å². The van der Waals surface area contributed by atoms with Gasteiger partial charge in [0.05, 0.1) is 11.0 Å². The third kappa shape index (κ3) is 1.49. The molecule has 78 valence electrons. The lowest BCUT2D eigenvalue weighted by molar-refractivity contribution is 0.405. The van der Waals surface area contributed by atoms with Crippen molar-refractivity contribution < 1.29 is 0 Å². The van der Waals surface area contributed by atoms with Gasteiger partial charge in [0, 0.05) is 10.4 Å². The van der Waals surface area contributed by atoms with Crippen LogP contribution in [0, 0.1) is 6.92 Å². The van der Waals surface area contributed by atoms with Gasteiger partial charge in [-0.15, -0.1) is 0 Å². The summed E-state index contributed by atoms with van der Waals surface area (Å²) < 4.78 is 1.12. The third-order valence-corrected chi connectivity index (χ3v) is 3.71. The Hall–Kier alpha value is -0.830. The summed E-state index contributed by atoms with van der Waals surface area (Å²) in [7, 11) is 0. The lowest BCUT2D eigenvalue weighted by atomic mass is 9.85. The molecule has 0 amide bonds. The number of aromatic amines is 1. The van der Waals surface area contributed by atoms with E-state index >= 15 is 0 Å². The molecule has 1 aromatic heterocycles. The maximum Gasteiger partial charge on any atom is 0.110 e. The number of hydrogen-bond acceptors (Lipinski definition) is 1. The molecule has 15 heavy (non-hydrogen) atoms. The van der Waals surface area contributed by atoms with Gasteiger partial charge in [0.1, 0.15) is 5.82 Å². The highest BCUT2D eigenvalue weighted by Crippen LogP contribution is 2.36. The number of fused-ring (bicyclic) bond motifs is 1. The second kappa shape index (κ2) is 3.34. The van der Waals surface area contributed by atoms with Crippen LogP contribution in [0.3, 0.4) is 0 Å². The molecule has 1 saturated carbocycles. The van der Waals surface area contributed by atoms with Gasteiger partial charge < -0.3 is 4.98 Å². The summed E-state index contributed by atoms with van der Waals surface area (Å²) in [4.78, 5) is 8.14. The summed E-state index contributed by atoms with van der Waals surface area (Å²) in [6, 6.07) is 4.23. The molecule has 1 heterocycles. The predicted molar refractivity (Wildman–Crippen MR) is 65.1 cm³/mol. The largest absolute Gasteiger partial charge is 0.342 e. The van der Waals surface area contributed by atoms with E-state index in [1.54, 1.807) is 0 Å². The number of benzene rings is 1. The summed E-state index contributed by atoms with van der Waals surface area (Å²) in [5, 5.41) is 0. The Morgan fingerprint density at radius 3 is 2.87 bits per heavy atom. The van der Waals surface area contributed by atoms with E-state index in [1.807, 2.05) is 0 Å². The van der Waals surface area contributed by atoms with Crippen LogP contribution >= 0.6 is 15.9 Å². The molecule has 0 saturated heterocycles. The maximum atomic E-state index is 4.70. The first-order valence-corrected chi connectivity index (χ1v) is 6.19. The van der Waals surface area contributed by atoms with Crippen molar-refractivity contribution in [1.82, 2.24) is 9.97 Å². The molecule has 0 spiro atoms. The van der Waals surface area contributed by atoms with Gasteiger partial charge in [-0.1, -0.05) is 22.4 Å². The summed E-state index contributed by atoms with van der Waals surface area (Å²) >= 11 is 3.51. The minimum absolute atomic E-state index is 0.676. The normalized spacial score (nSPS) is 16.9. The Bertz CT molecular complexity index is 512. The van der Waals surface area contributed by atoms with E-state index in [1.165, 1.54) is 30.7 Å². The molecule has 0 aliphatic heterocycles. The van der Waals surface area contributed by atoms with E-state index in [0.29, 0.717) is 5.92 Å². The summed E-state index contributed by atoms with van der Waals surface area (Å²) in [6.45, 7) is 2.11. The van der Waals surface area contributed by atoms with Crippen LogP contribution in [0.1, 0.15) is 36.6 Å². The molecule has 1 fully saturated rings. The molecule has 1 aromatic carbocycles. The predicted octanol–water partition coefficient (Wildman–Crippen LogP) is 3.90. The number of nitrogens with one attached hydrogen (secondary N) is 1. The van der Waals surface area contributed by atoms with E-state index < -0.39 is 0 Å². The molecular formula is C12H13BrN2. The van der Waals surface area contributed by atoms with Gasteiger partial charge in [0.15, 0.2) is 0 Å². The van der Waals surface area contributed by atoms with Crippen molar-refractivity contribution in [3.63, 3.8) is 0 Å². The van der Waals surface area contributed by atoms with E-state index in [-0.39, 0.29) is 0 Å². The molecule has 0 bridgehead atoms. The smallest absolute Gasteiger partial charge is 0.110 e. The minimum Gasteiger partial charge on any atom is -0.342 e. The Morgan fingerprint density at radius 2 is 2.20 bits per heavy atom. The van der Waals surface area contributed by atoms with Crippen LogP contribution in [0.4, 0.5) is 0 Å². The molecule has 1 aliphatic rings. The van der Waals surface area contributed by atoms with Crippen molar-refractivity contribution in [2.75, 3.05) is 0 Å². The first kappa shape index (κ1) is 9.40. The quantitative estimate of drug-likeness (QED) is 0.832. The van der Waals surface area contributed by atoms with E-state index in [4.69, 9.17) is 4.98 Å². The molecule has 2 aromatic rings. The molecule has 0 atom stereocenters. The average Bonchev–Trinajstić information content (AvgIpc) is 2.44. The fourth-order valence-corrected chi connectivity index (χ4v) is 2.71. The van der Waals surface area contributed by atoms with E-state index in [9.17, 15) is 0 Å². The third-order valence-electron chi connectivity index (χ3n) is 3.25. The zero-order valence-electron chi connectivity index (χ0n) is 8.68. The molecule has 2 nitrogen and oxygen atoms in total. The van der Waals surface area contributed by atoms with Gasteiger partial charge >= 0.3 is 0 Å². The Balaban J connectivity index is 2.16. The highest BCUT2D eigenvalue weighted by Gasteiger charge is 2.22. The zero-order valence-corrected chi connectivity index (χ0v) is 10.3. The van der Waals surface area contributed by atoms with Gasteiger partial charge in [-0.2, -0.15) is 0 Å². The molecule has 1 aliphatic carbocycles. The number of aryl methyl sites for hydroxylation is 1. The Kier molecular flexibility index (Phi) is 2.09. The summed E-state index contributed by atoms with van der Waals surface area (Å²) in [5.74, 6) is 1.85. The minimum atomic E-state index is 0.676. The van der Waals surface area contributed by atoms with Gasteiger partial charge in [-0.05, 0) is 37.5 Å². The number of aromatic nitrogens is 2. The number of halogens is 1. The van der Waals surface area contributed by atoms with Crippen LogP contribution < -0.4 is 0 Å². The van der Waals surface area contributed by atoms with Crippen molar-refractivity contribution in [1.29, 1.82) is 0 Å². The van der Waals surface area contributed by atoms with Crippen LogP contribution in [-0.4, -0.2) is 9.97 Å². The molecule has 3 rings (SSSR count). The van der Waals surface area contributed by atoms with Gasteiger partial charge in [-0.25, -0.2) is 4.98 Å². The van der Waals surface area contributed by atoms with Crippen molar-refractivity contribution in [2.45, 2.75) is 32.1 Å². The number of rotatable bonds is 1. The second-order valence-corrected chi connectivity index (χ2v) is 5.28. The average molecular weight is 265 g/mol. The fraction of sp³-hybridized carbons (Fsp3) is 0.417. The lowest BCUT2D eigenvalue weighted by Gasteiger charge is -2.22. The first-order valence-electron chi connectivity index (χ1n) is 5.40. The van der Waals surface area contributed by atoms with Gasteiger partial charge in [-0.3, -0.25) is 0 Å². The van der Waals surface area contributed by atoms with Crippen LogP contribution in [0.15, 0.2) is 16.6 Å². The van der Waals surface area contributed by atoms with Crippen LogP contribution in [-0.2, 0) is 0 Å². The topological polar surface area (TPSA) is 28.7 Å². The summed E-state index contributed by atoms with van der Waals surface area (Å²) in [5.41, 5.74) is 3.52. The maximum absolute atomic E-state index is 4.70. The lowest BCUT2D eigenvalue weighted by Crippen LogP contribution is -2.10. The number of hydrogen-bond donors (Lipinski definition) is 1. The molecule has 0 radical (unpaired) electrons. The molecule has 1 N–H and O–H groups in total. The van der Waals surface area contributed by atoms with Crippen molar-refractivity contribution in [3.8, 4) is 0 Å². The van der Waals surface area contributed by atoms with Crippen LogP contribution in [0.5, 0.6) is 0 Å². The van der Waals surface area contributed by atoms with Crippen LogP contribution in [0.25, 0.3) is 11.0 Å². The molecular weight excluding hydrogens is 252 g/mol. The molecule has 3 heteroatoms. The standard InChI is InChI=1S/C12H13BrN2/c1-7-5-9(13)6-10-11(7)15-12(14-10)8-3-2-4-8/h5-6,8H,2-4H2,1H3,(H,14,15). The number of imidazole rings is 1. The second-order valence-electron chi connectivity index (χ2n) is 4.37. The number of H-pyrrole nitrogens is 1. The summed E-state index contributed by atoms with van der Waals surface area (Å²) in [6.07, 6.45) is 3.93. The Morgan fingerprint density at radius 1 is 1.40 bits per heavy atom. The monoisotopic (exact) mass is 264 g/mol. The van der Waals surface area contributed by atoms with Gasteiger partial charge in [0.25, 0.3) is 0 Å². The number of nitrogens with zero attached hydrogens (tertiary/aromatic N) is 1. The highest BCUT2D eigenvalue weighted by atomic mass is 79.9. The van der Waals surface area contributed by atoms with Crippen molar-refractivity contribution in [3.05, 3.63) is 28.0 Å². The Labute approximate surface area is 97.2 Å². The van der Waals surface area contributed by atoms with Crippen molar-refractivity contribution in [2.24, 2.45) is 0 Å². The molecule has 0 unspecified atom stereocenters. The van der Waals surface area contributed by atoms with E-state index in [0.717, 1.165) is 15.5 Å². The van der Waals surface area contributed by atoms with Gasteiger partial charge in [0.2, 0.25) is 0 Å². The highest BCUT2D eigenvalue weighted by molar-refractivity contribution is 9.10. The SMILES string of the molecule is Cc1cc(Br)cc2[nH]c(C3CCC3)nc12.